The number of Topliss-reactive ketones (excluding diaryl/α,β-unsaturated/α-hetero) is 1. The Kier molecular flexibility index (Phi) is 9.13. The number of hydrogen-bond acceptors (Lipinski definition) is 7. The molecule has 0 spiro atoms. The SMILES string of the molecule is COCOc1ccccc1[C@H]1CC(=O)C[C@H](c2ccccc2OCOC)N1C(=O)OCc1ccccc1. The Morgan fingerprint density at radius 3 is 1.76 bits per heavy atom. The lowest BCUT2D eigenvalue weighted by atomic mass is 9.86. The first-order valence-electron chi connectivity index (χ1n) is 12.0. The number of ether oxygens (including phenoxy) is 5. The molecular formula is C29H31NO7. The van der Waals surface area contributed by atoms with Crippen LogP contribution >= 0.6 is 0 Å². The molecule has 0 aliphatic carbocycles. The second-order valence-corrected chi connectivity index (χ2v) is 8.60. The van der Waals surface area contributed by atoms with Crippen molar-refractivity contribution in [3.63, 3.8) is 0 Å². The number of nitrogens with zero attached hydrogens (tertiary/aromatic N) is 1. The molecule has 1 fully saturated rings. The summed E-state index contributed by atoms with van der Waals surface area (Å²) in [4.78, 5) is 28.5. The Labute approximate surface area is 216 Å². The molecule has 1 heterocycles. The number of hydrogen-bond donors (Lipinski definition) is 0. The third-order valence-corrected chi connectivity index (χ3v) is 6.15. The van der Waals surface area contributed by atoms with Gasteiger partial charge in [0, 0.05) is 38.2 Å². The highest BCUT2D eigenvalue weighted by molar-refractivity contribution is 5.84. The molecule has 1 aliphatic heterocycles. The Morgan fingerprint density at radius 1 is 0.757 bits per heavy atom. The van der Waals surface area contributed by atoms with E-state index in [2.05, 4.69) is 0 Å². The first-order chi connectivity index (χ1) is 18.1. The van der Waals surface area contributed by atoms with Crippen LogP contribution in [0.4, 0.5) is 4.79 Å². The van der Waals surface area contributed by atoms with E-state index in [0.29, 0.717) is 22.6 Å². The predicted octanol–water partition coefficient (Wildman–Crippen LogP) is 5.44. The second-order valence-electron chi connectivity index (χ2n) is 8.60. The Hall–Kier alpha value is -3.88. The highest BCUT2D eigenvalue weighted by Crippen LogP contribution is 2.45. The van der Waals surface area contributed by atoms with E-state index in [1.807, 2.05) is 66.7 Å². The number of likely N-dealkylation sites (tertiary alicyclic amines) is 1. The number of ketones is 1. The summed E-state index contributed by atoms with van der Waals surface area (Å²) in [7, 11) is 3.07. The monoisotopic (exact) mass is 505 g/mol. The van der Waals surface area contributed by atoms with Gasteiger partial charge in [0.25, 0.3) is 0 Å². The summed E-state index contributed by atoms with van der Waals surface area (Å²) < 4.78 is 27.6. The standard InChI is InChI=1S/C29H31NO7/c1-33-19-36-27-14-8-6-12-23(27)25-16-22(31)17-26(24-13-7-9-15-28(24)37-20-34-2)30(25)29(32)35-18-21-10-4-3-5-11-21/h3-15,25-26H,16-20H2,1-2H3/t25-,26-/m1/s1. The van der Waals surface area contributed by atoms with Gasteiger partial charge in [0.1, 0.15) is 23.9 Å². The molecule has 3 aromatic rings. The van der Waals surface area contributed by atoms with E-state index in [1.165, 1.54) is 14.2 Å². The largest absolute Gasteiger partial charge is 0.467 e. The topological polar surface area (TPSA) is 83.5 Å². The molecule has 1 saturated heterocycles. The van der Waals surface area contributed by atoms with Crippen molar-refractivity contribution in [3.8, 4) is 11.5 Å². The molecule has 0 saturated carbocycles. The van der Waals surface area contributed by atoms with E-state index in [0.717, 1.165) is 5.56 Å². The third kappa shape index (κ3) is 6.47. The van der Waals surface area contributed by atoms with Crippen molar-refractivity contribution in [2.24, 2.45) is 0 Å². The summed E-state index contributed by atoms with van der Waals surface area (Å²) in [5, 5.41) is 0. The Morgan fingerprint density at radius 2 is 1.24 bits per heavy atom. The minimum absolute atomic E-state index is 0.0187. The van der Waals surface area contributed by atoms with Gasteiger partial charge in [0.2, 0.25) is 0 Å². The van der Waals surface area contributed by atoms with Crippen molar-refractivity contribution in [2.75, 3.05) is 27.8 Å². The van der Waals surface area contributed by atoms with Crippen LogP contribution < -0.4 is 9.47 Å². The normalized spacial score (nSPS) is 17.4. The maximum absolute atomic E-state index is 13.8. The van der Waals surface area contributed by atoms with Crippen molar-refractivity contribution in [1.29, 1.82) is 0 Å². The zero-order valence-electron chi connectivity index (χ0n) is 21.0. The molecular weight excluding hydrogens is 474 g/mol. The molecule has 0 N–H and O–H groups in total. The van der Waals surface area contributed by atoms with Gasteiger partial charge in [-0.25, -0.2) is 4.79 Å². The maximum Gasteiger partial charge on any atom is 0.411 e. The summed E-state index contributed by atoms with van der Waals surface area (Å²) in [6, 6.07) is 22.9. The molecule has 194 valence electrons. The lowest BCUT2D eigenvalue weighted by Crippen LogP contribution is -2.44. The molecule has 37 heavy (non-hydrogen) atoms. The van der Waals surface area contributed by atoms with E-state index < -0.39 is 18.2 Å². The zero-order chi connectivity index (χ0) is 26.0. The predicted molar refractivity (Wildman–Crippen MR) is 136 cm³/mol. The van der Waals surface area contributed by atoms with Gasteiger partial charge in [-0.2, -0.15) is 0 Å². The van der Waals surface area contributed by atoms with Gasteiger partial charge in [-0.05, 0) is 17.7 Å². The van der Waals surface area contributed by atoms with Crippen molar-refractivity contribution < 1.29 is 33.3 Å². The molecule has 2 atom stereocenters. The summed E-state index contributed by atoms with van der Waals surface area (Å²) >= 11 is 0. The van der Waals surface area contributed by atoms with Crippen molar-refractivity contribution >= 4 is 11.9 Å². The smallest absolute Gasteiger partial charge is 0.411 e. The summed E-state index contributed by atoms with van der Waals surface area (Å²) in [5.41, 5.74) is 2.26. The minimum Gasteiger partial charge on any atom is -0.467 e. The van der Waals surface area contributed by atoms with Gasteiger partial charge in [-0.1, -0.05) is 66.7 Å². The lowest BCUT2D eigenvalue weighted by Gasteiger charge is -2.41. The third-order valence-electron chi connectivity index (χ3n) is 6.15. The molecule has 8 heteroatoms. The summed E-state index contributed by atoms with van der Waals surface area (Å²) in [5.74, 6) is 1.09. The van der Waals surface area contributed by atoms with Gasteiger partial charge in [0.15, 0.2) is 13.6 Å². The fourth-order valence-electron chi connectivity index (χ4n) is 4.52. The van der Waals surface area contributed by atoms with E-state index >= 15 is 0 Å². The number of para-hydroxylation sites is 2. The average Bonchev–Trinajstić information content (AvgIpc) is 2.94. The lowest BCUT2D eigenvalue weighted by molar-refractivity contribution is -0.125. The van der Waals surface area contributed by atoms with Crippen LogP contribution in [-0.4, -0.2) is 44.6 Å². The number of piperidine rings is 1. The first kappa shape index (κ1) is 26.2. The molecule has 4 rings (SSSR count). The van der Waals surface area contributed by atoms with E-state index in [4.69, 9.17) is 23.7 Å². The number of rotatable bonds is 10. The van der Waals surface area contributed by atoms with Gasteiger partial charge in [-0.3, -0.25) is 9.69 Å². The molecule has 0 unspecified atom stereocenters. The molecule has 1 aliphatic rings. The highest BCUT2D eigenvalue weighted by Gasteiger charge is 2.42. The number of carbonyl (C=O) groups excluding carboxylic acids is 2. The summed E-state index contributed by atoms with van der Waals surface area (Å²) in [6.45, 7) is 0.174. The van der Waals surface area contributed by atoms with Crippen LogP contribution in [0.2, 0.25) is 0 Å². The molecule has 3 aromatic carbocycles. The minimum atomic E-state index is -0.613. The number of amides is 1. The number of methoxy groups -OCH3 is 2. The zero-order valence-corrected chi connectivity index (χ0v) is 21.0. The van der Waals surface area contributed by atoms with E-state index in [-0.39, 0.29) is 38.8 Å². The van der Waals surface area contributed by atoms with Crippen LogP contribution in [0.3, 0.4) is 0 Å². The Balaban J connectivity index is 1.74. The van der Waals surface area contributed by atoms with Crippen molar-refractivity contribution in [1.82, 2.24) is 4.90 Å². The average molecular weight is 506 g/mol. The van der Waals surface area contributed by atoms with Crippen LogP contribution in [0.1, 0.15) is 41.6 Å². The summed E-state index contributed by atoms with van der Waals surface area (Å²) in [6.07, 6.45) is -0.272. The van der Waals surface area contributed by atoms with Crippen LogP contribution in [0.5, 0.6) is 11.5 Å². The fourth-order valence-corrected chi connectivity index (χ4v) is 4.52. The second kappa shape index (κ2) is 12.9. The molecule has 1 amide bonds. The van der Waals surface area contributed by atoms with Gasteiger partial charge in [-0.15, -0.1) is 0 Å². The first-order valence-corrected chi connectivity index (χ1v) is 12.0. The highest BCUT2D eigenvalue weighted by atomic mass is 16.7. The van der Waals surface area contributed by atoms with Gasteiger partial charge >= 0.3 is 6.09 Å². The van der Waals surface area contributed by atoms with Crippen molar-refractivity contribution in [2.45, 2.75) is 31.5 Å². The number of benzene rings is 3. The maximum atomic E-state index is 13.8. The molecule has 0 radical (unpaired) electrons. The molecule has 0 aromatic heterocycles. The van der Waals surface area contributed by atoms with E-state index in [9.17, 15) is 9.59 Å². The van der Waals surface area contributed by atoms with Crippen LogP contribution in [0.25, 0.3) is 0 Å². The fraction of sp³-hybridized carbons (Fsp3) is 0.310. The van der Waals surface area contributed by atoms with Gasteiger partial charge < -0.3 is 23.7 Å². The van der Waals surface area contributed by atoms with Crippen molar-refractivity contribution in [3.05, 3.63) is 95.6 Å². The van der Waals surface area contributed by atoms with Crippen LogP contribution in [-0.2, 0) is 25.6 Å². The van der Waals surface area contributed by atoms with E-state index in [1.54, 1.807) is 17.0 Å². The number of carbonyl (C=O) groups is 2. The molecule has 8 nitrogen and oxygen atoms in total. The Bertz CT molecular complexity index is 1120. The quantitative estimate of drug-likeness (QED) is 0.340. The molecule has 0 bridgehead atoms. The van der Waals surface area contributed by atoms with Crippen LogP contribution in [0, 0.1) is 0 Å². The van der Waals surface area contributed by atoms with Gasteiger partial charge in [0.05, 0.1) is 12.1 Å². The van der Waals surface area contributed by atoms with Crippen LogP contribution in [0.15, 0.2) is 78.9 Å².